The number of benzene rings is 1. The Kier molecular flexibility index (Phi) is 3.45. The highest BCUT2D eigenvalue weighted by atomic mass is 16.5. The van der Waals surface area contributed by atoms with Crippen LogP contribution in [0.1, 0.15) is 13.8 Å². The first-order valence-corrected chi connectivity index (χ1v) is 4.34. The largest absolute Gasteiger partial charge is 0.492 e. The van der Waals surface area contributed by atoms with Crippen LogP contribution < -0.4 is 10.1 Å². The maximum absolute atomic E-state index is 5.43. The van der Waals surface area contributed by atoms with Crippen LogP contribution in [0.2, 0.25) is 0 Å². The summed E-state index contributed by atoms with van der Waals surface area (Å²) in [7, 11) is 0. The molecule has 1 N–H and O–H groups in total. The molecule has 0 amide bonds. The standard InChI is InChI=1S/C10H15NO/c1-3-11-9-7-5-6-8-10(9)12-4-2/h5-8,11H,3-4H2,1-2H3. The molecule has 1 aromatic rings. The van der Waals surface area contributed by atoms with Gasteiger partial charge in [0.1, 0.15) is 5.75 Å². The lowest BCUT2D eigenvalue weighted by molar-refractivity contribution is 0.342. The van der Waals surface area contributed by atoms with Crippen LogP contribution in [0.4, 0.5) is 5.69 Å². The minimum atomic E-state index is 0.711. The van der Waals surface area contributed by atoms with Gasteiger partial charge in [-0.15, -0.1) is 0 Å². The minimum absolute atomic E-state index is 0.711. The number of para-hydroxylation sites is 2. The van der Waals surface area contributed by atoms with Gasteiger partial charge in [-0.05, 0) is 26.0 Å². The third-order valence-corrected chi connectivity index (χ3v) is 1.55. The van der Waals surface area contributed by atoms with Crippen molar-refractivity contribution in [2.75, 3.05) is 18.5 Å². The van der Waals surface area contributed by atoms with Crippen molar-refractivity contribution in [3.05, 3.63) is 24.3 Å². The van der Waals surface area contributed by atoms with Crippen molar-refractivity contribution in [1.29, 1.82) is 0 Å². The first-order chi connectivity index (χ1) is 5.88. The molecule has 0 aliphatic rings. The van der Waals surface area contributed by atoms with E-state index in [2.05, 4.69) is 12.2 Å². The average Bonchev–Trinajstić information content (AvgIpc) is 2.09. The number of hydrogen-bond donors (Lipinski definition) is 1. The molecule has 0 unspecified atom stereocenters. The molecule has 0 radical (unpaired) electrons. The average molecular weight is 165 g/mol. The van der Waals surface area contributed by atoms with E-state index in [-0.39, 0.29) is 0 Å². The fourth-order valence-corrected chi connectivity index (χ4v) is 1.08. The van der Waals surface area contributed by atoms with Gasteiger partial charge in [-0.3, -0.25) is 0 Å². The van der Waals surface area contributed by atoms with Crippen molar-refractivity contribution in [1.82, 2.24) is 0 Å². The highest BCUT2D eigenvalue weighted by Crippen LogP contribution is 2.22. The quantitative estimate of drug-likeness (QED) is 0.740. The topological polar surface area (TPSA) is 21.3 Å². The summed E-state index contributed by atoms with van der Waals surface area (Å²) in [6.45, 7) is 5.69. The summed E-state index contributed by atoms with van der Waals surface area (Å²) in [5.74, 6) is 0.932. The van der Waals surface area contributed by atoms with Crippen LogP contribution in [0.5, 0.6) is 5.75 Å². The van der Waals surface area contributed by atoms with Crippen LogP contribution in [-0.2, 0) is 0 Å². The van der Waals surface area contributed by atoms with E-state index < -0.39 is 0 Å². The molecule has 1 aromatic carbocycles. The Labute approximate surface area is 73.6 Å². The molecule has 0 saturated carbocycles. The smallest absolute Gasteiger partial charge is 0.142 e. The Balaban J connectivity index is 2.77. The van der Waals surface area contributed by atoms with Crippen molar-refractivity contribution in [2.24, 2.45) is 0 Å². The first-order valence-electron chi connectivity index (χ1n) is 4.34. The van der Waals surface area contributed by atoms with Crippen molar-refractivity contribution in [2.45, 2.75) is 13.8 Å². The van der Waals surface area contributed by atoms with E-state index in [9.17, 15) is 0 Å². The number of anilines is 1. The van der Waals surface area contributed by atoms with Crippen LogP contribution >= 0.6 is 0 Å². The highest BCUT2D eigenvalue weighted by molar-refractivity contribution is 5.55. The van der Waals surface area contributed by atoms with Crippen LogP contribution in [0, 0.1) is 0 Å². The number of rotatable bonds is 4. The van der Waals surface area contributed by atoms with Gasteiger partial charge in [-0.2, -0.15) is 0 Å². The predicted octanol–water partition coefficient (Wildman–Crippen LogP) is 2.52. The van der Waals surface area contributed by atoms with Crippen LogP contribution in [0.3, 0.4) is 0 Å². The van der Waals surface area contributed by atoms with Gasteiger partial charge >= 0.3 is 0 Å². The fraction of sp³-hybridized carbons (Fsp3) is 0.400. The molecule has 0 bridgehead atoms. The molecular formula is C10H15NO. The Bertz CT molecular complexity index is 210. The predicted molar refractivity (Wildman–Crippen MR) is 51.8 cm³/mol. The van der Waals surface area contributed by atoms with Crippen LogP contribution in [0.15, 0.2) is 24.3 Å². The summed E-state index contributed by atoms with van der Waals surface area (Å²) in [5.41, 5.74) is 1.07. The second-order valence-electron chi connectivity index (χ2n) is 2.46. The second kappa shape index (κ2) is 4.65. The third-order valence-electron chi connectivity index (χ3n) is 1.55. The summed E-state index contributed by atoms with van der Waals surface area (Å²) in [5, 5.41) is 3.24. The van der Waals surface area contributed by atoms with Crippen LogP contribution in [0.25, 0.3) is 0 Å². The van der Waals surface area contributed by atoms with Gasteiger partial charge in [0.15, 0.2) is 0 Å². The summed E-state index contributed by atoms with van der Waals surface area (Å²) in [4.78, 5) is 0. The molecule has 12 heavy (non-hydrogen) atoms. The molecule has 1 rings (SSSR count). The molecule has 0 fully saturated rings. The highest BCUT2D eigenvalue weighted by Gasteiger charge is 1.98. The normalized spacial score (nSPS) is 9.50. The van der Waals surface area contributed by atoms with Gasteiger partial charge in [0, 0.05) is 6.54 Å². The van der Waals surface area contributed by atoms with E-state index in [1.54, 1.807) is 0 Å². The summed E-state index contributed by atoms with van der Waals surface area (Å²) >= 11 is 0. The number of hydrogen-bond acceptors (Lipinski definition) is 2. The summed E-state index contributed by atoms with van der Waals surface area (Å²) in [6, 6.07) is 7.97. The molecule has 0 atom stereocenters. The zero-order chi connectivity index (χ0) is 8.81. The molecular weight excluding hydrogens is 150 g/mol. The van der Waals surface area contributed by atoms with Crippen molar-refractivity contribution in [3.8, 4) is 5.75 Å². The van der Waals surface area contributed by atoms with E-state index in [0.29, 0.717) is 6.61 Å². The number of nitrogens with one attached hydrogen (secondary N) is 1. The Morgan fingerprint density at radius 3 is 2.67 bits per heavy atom. The fourth-order valence-electron chi connectivity index (χ4n) is 1.08. The van der Waals surface area contributed by atoms with Crippen molar-refractivity contribution >= 4 is 5.69 Å². The molecule has 0 saturated heterocycles. The van der Waals surface area contributed by atoms with Gasteiger partial charge in [0.2, 0.25) is 0 Å². The summed E-state index contributed by atoms with van der Waals surface area (Å²) in [6.07, 6.45) is 0. The Morgan fingerprint density at radius 2 is 2.00 bits per heavy atom. The van der Waals surface area contributed by atoms with Crippen LogP contribution in [-0.4, -0.2) is 13.2 Å². The molecule has 0 heterocycles. The van der Waals surface area contributed by atoms with Gasteiger partial charge in [0.05, 0.1) is 12.3 Å². The minimum Gasteiger partial charge on any atom is -0.492 e. The summed E-state index contributed by atoms with van der Waals surface area (Å²) < 4.78 is 5.43. The molecule has 0 aliphatic carbocycles. The van der Waals surface area contributed by atoms with E-state index in [1.807, 2.05) is 31.2 Å². The van der Waals surface area contributed by atoms with E-state index in [0.717, 1.165) is 18.0 Å². The Morgan fingerprint density at radius 1 is 1.25 bits per heavy atom. The van der Waals surface area contributed by atoms with E-state index in [4.69, 9.17) is 4.74 Å². The zero-order valence-electron chi connectivity index (χ0n) is 7.63. The molecule has 66 valence electrons. The van der Waals surface area contributed by atoms with Gasteiger partial charge < -0.3 is 10.1 Å². The SMILES string of the molecule is CCNc1ccccc1OCC. The lowest BCUT2D eigenvalue weighted by atomic mass is 10.3. The molecule has 0 aromatic heterocycles. The van der Waals surface area contributed by atoms with Gasteiger partial charge in [-0.1, -0.05) is 12.1 Å². The molecule has 0 spiro atoms. The second-order valence-corrected chi connectivity index (χ2v) is 2.46. The maximum Gasteiger partial charge on any atom is 0.142 e. The molecule has 2 heteroatoms. The Hall–Kier alpha value is -1.18. The van der Waals surface area contributed by atoms with Gasteiger partial charge in [-0.25, -0.2) is 0 Å². The first kappa shape index (κ1) is 8.91. The lowest BCUT2D eigenvalue weighted by Crippen LogP contribution is -2.00. The van der Waals surface area contributed by atoms with Gasteiger partial charge in [0.25, 0.3) is 0 Å². The van der Waals surface area contributed by atoms with E-state index in [1.165, 1.54) is 0 Å². The van der Waals surface area contributed by atoms with E-state index >= 15 is 0 Å². The number of ether oxygens (including phenoxy) is 1. The molecule has 0 aliphatic heterocycles. The van der Waals surface area contributed by atoms with Crippen molar-refractivity contribution < 1.29 is 4.74 Å². The maximum atomic E-state index is 5.43. The monoisotopic (exact) mass is 165 g/mol. The third kappa shape index (κ3) is 2.16. The van der Waals surface area contributed by atoms with Crippen molar-refractivity contribution in [3.63, 3.8) is 0 Å². The lowest BCUT2D eigenvalue weighted by Gasteiger charge is -2.09. The molecule has 2 nitrogen and oxygen atoms in total. The zero-order valence-corrected chi connectivity index (χ0v) is 7.63.